The maximum absolute atomic E-state index is 10.7. The van der Waals surface area contributed by atoms with Crippen LogP contribution in [-0.2, 0) is 6.54 Å². The lowest BCUT2D eigenvalue weighted by Gasteiger charge is -2.05. The van der Waals surface area contributed by atoms with Gasteiger partial charge in [0.2, 0.25) is 0 Å². The molecule has 20 heavy (non-hydrogen) atoms. The fourth-order valence-corrected chi connectivity index (χ4v) is 2.54. The van der Waals surface area contributed by atoms with Gasteiger partial charge in [-0.2, -0.15) is 0 Å². The van der Waals surface area contributed by atoms with E-state index in [2.05, 4.69) is 15.0 Å². The third-order valence-corrected chi connectivity index (χ3v) is 3.61. The van der Waals surface area contributed by atoms with Gasteiger partial charge in [0.15, 0.2) is 5.82 Å². The Bertz CT molecular complexity index is 737. The number of nitrogens with zero attached hydrogens (tertiary/aromatic N) is 5. The Labute approximate surface area is 117 Å². The van der Waals surface area contributed by atoms with Gasteiger partial charge in [-0.3, -0.25) is 15.1 Å². The van der Waals surface area contributed by atoms with Gasteiger partial charge in [-0.05, 0) is 5.56 Å². The zero-order valence-corrected chi connectivity index (χ0v) is 11.0. The summed E-state index contributed by atoms with van der Waals surface area (Å²) >= 11 is 1.12. The van der Waals surface area contributed by atoms with Gasteiger partial charge in [-0.1, -0.05) is 11.3 Å². The lowest BCUT2D eigenvalue weighted by atomic mass is 10.3. The molecule has 3 rings (SSSR count). The minimum absolute atomic E-state index is 0.140. The Morgan fingerprint density at radius 3 is 2.90 bits per heavy atom. The van der Waals surface area contributed by atoms with E-state index in [4.69, 9.17) is 0 Å². The molecule has 0 aliphatic rings. The molecule has 0 saturated carbocycles. The summed E-state index contributed by atoms with van der Waals surface area (Å²) in [5, 5.41) is 12.6. The maximum Gasteiger partial charge on any atom is 0.324 e. The van der Waals surface area contributed by atoms with Gasteiger partial charge in [0.05, 0.1) is 17.7 Å². The number of hydrogen-bond acceptors (Lipinski definition) is 6. The second-order valence-corrected chi connectivity index (χ2v) is 4.91. The average Bonchev–Trinajstić information content (AvgIpc) is 3.09. The van der Waals surface area contributed by atoms with Crippen LogP contribution in [0.3, 0.4) is 0 Å². The number of nitro groups is 1. The van der Waals surface area contributed by atoms with Crippen LogP contribution < -0.4 is 0 Å². The molecule has 0 N–H and O–H groups in total. The fourth-order valence-electron chi connectivity index (χ4n) is 1.82. The van der Waals surface area contributed by atoms with Crippen molar-refractivity contribution in [1.82, 2.24) is 19.5 Å². The highest BCUT2D eigenvalue weighted by Gasteiger charge is 2.12. The zero-order chi connectivity index (χ0) is 13.9. The summed E-state index contributed by atoms with van der Waals surface area (Å²) < 4.78 is 1.88. The molecule has 8 heteroatoms. The molecule has 3 aromatic rings. The van der Waals surface area contributed by atoms with Crippen molar-refractivity contribution in [3.8, 4) is 11.5 Å². The third kappa shape index (κ3) is 2.41. The Balaban J connectivity index is 1.88. The van der Waals surface area contributed by atoms with E-state index >= 15 is 0 Å². The molecule has 0 aliphatic carbocycles. The molecule has 7 nitrogen and oxygen atoms in total. The Morgan fingerprint density at radius 1 is 1.30 bits per heavy atom. The second-order valence-electron chi connectivity index (χ2n) is 4.02. The van der Waals surface area contributed by atoms with Gasteiger partial charge in [-0.15, -0.1) is 0 Å². The van der Waals surface area contributed by atoms with Crippen molar-refractivity contribution in [2.45, 2.75) is 6.54 Å². The highest BCUT2D eigenvalue weighted by Crippen LogP contribution is 2.24. The summed E-state index contributed by atoms with van der Waals surface area (Å²) in [4.78, 5) is 22.8. The molecule has 0 unspecified atom stereocenters. The summed E-state index contributed by atoms with van der Waals surface area (Å²) in [6.45, 7) is 0.510. The first-order chi connectivity index (χ1) is 9.74. The number of hydrogen-bond donors (Lipinski definition) is 0. The number of imidazole rings is 1. The third-order valence-electron chi connectivity index (χ3n) is 2.68. The lowest BCUT2D eigenvalue weighted by Crippen LogP contribution is -2.01. The largest absolute Gasteiger partial charge is 0.325 e. The lowest BCUT2D eigenvalue weighted by molar-refractivity contribution is -0.380. The predicted molar refractivity (Wildman–Crippen MR) is 73.3 cm³/mol. The first-order valence-corrected chi connectivity index (χ1v) is 6.61. The molecule has 0 bridgehead atoms. The average molecular weight is 287 g/mol. The highest BCUT2D eigenvalue weighted by molar-refractivity contribution is 7.13. The highest BCUT2D eigenvalue weighted by atomic mass is 32.1. The van der Waals surface area contributed by atoms with Crippen molar-refractivity contribution in [2.24, 2.45) is 0 Å². The van der Waals surface area contributed by atoms with E-state index in [1.807, 2.05) is 10.8 Å². The smallest absolute Gasteiger partial charge is 0.324 e. The van der Waals surface area contributed by atoms with Gasteiger partial charge in [0.25, 0.3) is 0 Å². The molecular weight excluding hydrogens is 278 g/mol. The van der Waals surface area contributed by atoms with Gasteiger partial charge in [0, 0.05) is 36.2 Å². The van der Waals surface area contributed by atoms with Crippen molar-refractivity contribution in [1.29, 1.82) is 0 Å². The van der Waals surface area contributed by atoms with E-state index in [0.717, 1.165) is 16.9 Å². The minimum Gasteiger partial charge on any atom is -0.325 e. The molecule has 0 aliphatic heterocycles. The quantitative estimate of drug-likeness (QED) is 0.543. The molecule has 3 heterocycles. The van der Waals surface area contributed by atoms with Crippen LogP contribution in [0.4, 0.5) is 5.00 Å². The van der Waals surface area contributed by atoms with Crippen LogP contribution in [0.1, 0.15) is 5.56 Å². The van der Waals surface area contributed by atoms with Crippen molar-refractivity contribution in [3.63, 3.8) is 0 Å². The van der Waals surface area contributed by atoms with E-state index in [0.29, 0.717) is 18.1 Å². The second kappa shape index (κ2) is 5.17. The molecule has 0 saturated heterocycles. The van der Waals surface area contributed by atoms with Gasteiger partial charge in [-0.25, -0.2) is 9.97 Å². The number of thiophene rings is 1. The first-order valence-electron chi connectivity index (χ1n) is 5.73. The summed E-state index contributed by atoms with van der Waals surface area (Å²) in [6.07, 6.45) is 8.32. The van der Waals surface area contributed by atoms with Crippen molar-refractivity contribution >= 4 is 16.3 Å². The molecule has 0 aromatic carbocycles. The standard InChI is InChI=1S/C12H9N5O2S/c18-17(19)11-5-9(8-20-11)7-16-4-3-15-12(16)10-6-13-1-2-14-10/h1-6,8H,7H2. The van der Waals surface area contributed by atoms with Crippen molar-refractivity contribution in [3.05, 3.63) is 58.1 Å². The molecule has 0 atom stereocenters. The van der Waals surface area contributed by atoms with E-state index in [-0.39, 0.29) is 9.92 Å². The summed E-state index contributed by atoms with van der Waals surface area (Å²) in [5.74, 6) is 0.687. The summed E-state index contributed by atoms with van der Waals surface area (Å²) in [7, 11) is 0. The Morgan fingerprint density at radius 2 is 2.20 bits per heavy atom. The molecule has 0 radical (unpaired) electrons. The van der Waals surface area contributed by atoms with Crippen LogP contribution in [0.5, 0.6) is 0 Å². The van der Waals surface area contributed by atoms with Gasteiger partial charge in [0.1, 0.15) is 5.69 Å². The van der Waals surface area contributed by atoms with E-state index in [1.54, 1.807) is 36.2 Å². The first kappa shape index (κ1) is 12.4. The van der Waals surface area contributed by atoms with Crippen LogP contribution in [0.2, 0.25) is 0 Å². The Hall–Kier alpha value is -2.61. The SMILES string of the molecule is O=[N+]([O-])c1cc(Cn2ccnc2-c2cnccn2)cs1. The molecule has 3 aromatic heterocycles. The normalized spacial score (nSPS) is 10.6. The predicted octanol–water partition coefficient (Wildman–Crippen LogP) is 2.36. The number of rotatable bonds is 4. The molecule has 100 valence electrons. The topological polar surface area (TPSA) is 86.7 Å². The van der Waals surface area contributed by atoms with Crippen LogP contribution >= 0.6 is 11.3 Å². The van der Waals surface area contributed by atoms with Crippen molar-refractivity contribution in [2.75, 3.05) is 0 Å². The zero-order valence-electron chi connectivity index (χ0n) is 10.2. The number of aromatic nitrogens is 4. The maximum atomic E-state index is 10.7. The van der Waals surface area contributed by atoms with E-state index in [1.165, 1.54) is 0 Å². The van der Waals surface area contributed by atoms with Gasteiger partial charge < -0.3 is 4.57 Å². The summed E-state index contributed by atoms with van der Waals surface area (Å²) in [5.41, 5.74) is 1.53. The van der Waals surface area contributed by atoms with Crippen LogP contribution in [-0.4, -0.2) is 24.4 Å². The summed E-state index contributed by atoms with van der Waals surface area (Å²) in [6, 6.07) is 1.57. The van der Waals surface area contributed by atoms with Crippen LogP contribution in [0.15, 0.2) is 42.4 Å². The molecular formula is C12H9N5O2S. The van der Waals surface area contributed by atoms with Gasteiger partial charge >= 0.3 is 5.00 Å². The van der Waals surface area contributed by atoms with E-state index < -0.39 is 0 Å². The molecule has 0 spiro atoms. The monoisotopic (exact) mass is 287 g/mol. The van der Waals surface area contributed by atoms with Crippen LogP contribution in [0, 0.1) is 10.1 Å². The molecule has 0 fully saturated rings. The fraction of sp³-hybridized carbons (Fsp3) is 0.0833. The van der Waals surface area contributed by atoms with Crippen LogP contribution in [0.25, 0.3) is 11.5 Å². The minimum atomic E-state index is -0.383. The molecule has 0 amide bonds. The van der Waals surface area contributed by atoms with Crippen molar-refractivity contribution < 1.29 is 4.92 Å². The Kier molecular flexibility index (Phi) is 3.21. The van der Waals surface area contributed by atoms with E-state index in [9.17, 15) is 10.1 Å².